The summed E-state index contributed by atoms with van der Waals surface area (Å²) in [6, 6.07) is 9.28. The van der Waals surface area contributed by atoms with Crippen molar-refractivity contribution >= 4 is 40.5 Å². The third-order valence-corrected chi connectivity index (χ3v) is 4.33. The van der Waals surface area contributed by atoms with Crippen LogP contribution in [0.5, 0.6) is 5.88 Å². The van der Waals surface area contributed by atoms with Gasteiger partial charge in [-0.2, -0.15) is 4.98 Å². The summed E-state index contributed by atoms with van der Waals surface area (Å²) in [5.74, 6) is 1.17. The van der Waals surface area contributed by atoms with Crippen LogP contribution in [0.1, 0.15) is 11.1 Å². The number of allylic oxidation sites excluding steroid dienone is 1. The molecule has 0 aliphatic rings. The summed E-state index contributed by atoms with van der Waals surface area (Å²) in [6.45, 7) is 5.50. The molecular weight excluding hydrogens is 390 g/mol. The van der Waals surface area contributed by atoms with Crippen LogP contribution in [0.3, 0.4) is 0 Å². The molecule has 29 heavy (non-hydrogen) atoms. The van der Waals surface area contributed by atoms with Crippen molar-refractivity contribution in [2.75, 3.05) is 17.7 Å². The molecule has 2 heterocycles. The summed E-state index contributed by atoms with van der Waals surface area (Å²) in [5.41, 5.74) is 3.34. The topological polar surface area (TPSA) is 89.0 Å². The Balaban J connectivity index is 1.87. The number of aromatic nitrogens is 3. The molecule has 0 saturated carbocycles. The third kappa shape index (κ3) is 5.30. The van der Waals surface area contributed by atoms with E-state index in [4.69, 9.17) is 16.3 Å². The van der Waals surface area contributed by atoms with Gasteiger partial charge < -0.3 is 15.4 Å². The first kappa shape index (κ1) is 20.3. The fraction of sp³-hybridized carbons (Fsp3) is 0.143. The zero-order valence-electron chi connectivity index (χ0n) is 16.1. The molecule has 0 fully saturated rings. The number of carbonyl (C=O) groups is 1. The molecule has 0 unspecified atom stereocenters. The minimum absolute atomic E-state index is 0.0681. The van der Waals surface area contributed by atoms with Gasteiger partial charge in [-0.25, -0.2) is 9.97 Å². The number of benzene rings is 1. The van der Waals surface area contributed by atoms with Gasteiger partial charge >= 0.3 is 0 Å². The van der Waals surface area contributed by atoms with Crippen LogP contribution in [0.4, 0.5) is 23.1 Å². The SMILES string of the molecule is C=CC(=O)Cc1cc(C)ccc1Nc1nc(Nc2ccnc(OC)c2)ncc1Cl. The Morgan fingerprint density at radius 1 is 1.24 bits per heavy atom. The first-order chi connectivity index (χ1) is 14.0. The monoisotopic (exact) mass is 409 g/mol. The molecule has 0 radical (unpaired) electrons. The van der Waals surface area contributed by atoms with Gasteiger partial charge in [0.25, 0.3) is 0 Å². The zero-order chi connectivity index (χ0) is 20.8. The molecule has 0 aliphatic carbocycles. The molecule has 0 bridgehead atoms. The van der Waals surface area contributed by atoms with Crippen LogP contribution in [0, 0.1) is 6.92 Å². The van der Waals surface area contributed by atoms with Crippen LogP contribution in [0.25, 0.3) is 0 Å². The van der Waals surface area contributed by atoms with Crippen LogP contribution in [0.2, 0.25) is 5.02 Å². The first-order valence-electron chi connectivity index (χ1n) is 8.80. The molecule has 3 aromatic rings. The Kier molecular flexibility index (Phi) is 6.41. The number of pyridine rings is 1. The van der Waals surface area contributed by atoms with E-state index in [1.165, 1.54) is 12.3 Å². The van der Waals surface area contributed by atoms with Crippen molar-refractivity contribution in [3.05, 3.63) is 71.5 Å². The van der Waals surface area contributed by atoms with Crippen LogP contribution in [-0.2, 0) is 11.2 Å². The van der Waals surface area contributed by atoms with Gasteiger partial charge in [-0.05, 0) is 30.7 Å². The van der Waals surface area contributed by atoms with Crippen LogP contribution in [0.15, 0.2) is 55.4 Å². The Morgan fingerprint density at radius 2 is 2.07 bits per heavy atom. The molecule has 1 aromatic carbocycles. The van der Waals surface area contributed by atoms with E-state index in [0.717, 1.165) is 22.5 Å². The van der Waals surface area contributed by atoms with Crippen molar-refractivity contribution < 1.29 is 9.53 Å². The number of nitrogens with one attached hydrogen (secondary N) is 2. The van der Waals surface area contributed by atoms with Gasteiger partial charge in [0.1, 0.15) is 5.02 Å². The number of carbonyl (C=O) groups excluding carboxylic acids is 1. The van der Waals surface area contributed by atoms with Gasteiger partial charge in [-0.3, -0.25) is 4.79 Å². The molecule has 0 spiro atoms. The number of hydrogen-bond acceptors (Lipinski definition) is 7. The minimum atomic E-state index is -0.0681. The van der Waals surface area contributed by atoms with E-state index >= 15 is 0 Å². The number of hydrogen-bond donors (Lipinski definition) is 2. The predicted molar refractivity (Wildman–Crippen MR) is 114 cm³/mol. The number of halogens is 1. The van der Waals surface area contributed by atoms with Crippen LogP contribution >= 0.6 is 11.6 Å². The molecule has 8 heteroatoms. The summed E-state index contributed by atoms with van der Waals surface area (Å²) in [4.78, 5) is 24.6. The fourth-order valence-electron chi connectivity index (χ4n) is 2.62. The normalized spacial score (nSPS) is 10.3. The predicted octanol–water partition coefficient (Wildman–Crippen LogP) is 4.63. The van der Waals surface area contributed by atoms with E-state index in [1.807, 2.05) is 25.1 Å². The maximum absolute atomic E-state index is 11.9. The first-order valence-corrected chi connectivity index (χ1v) is 9.17. The Bertz CT molecular complexity index is 1050. The average Bonchev–Trinajstić information content (AvgIpc) is 2.72. The number of ketones is 1. The summed E-state index contributed by atoms with van der Waals surface area (Å²) >= 11 is 6.29. The number of aryl methyl sites for hydroxylation is 1. The second-order valence-corrected chi connectivity index (χ2v) is 6.64. The van der Waals surface area contributed by atoms with Gasteiger partial charge in [-0.15, -0.1) is 0 Å². The van der Waals surface area contributed by atoms with Crippen LogP contribution in [-0.4, -0.2) is 27.8 Å². The van der Waals surface area contributed by atoms with Crippen molar-refractivity contribution in [3.8, 4) is 5.88 Å². The quantitative estimate of drug-likeness (QED) is 0.524. The second kappa shape index (κ2) is 9.16. The molecule has 0 amide bonds. The summed E-state index contributed by atoms with van der Waals surface area (Å²) < 4.78 is 5.12. The molecule has 0 saturated heterocycles. The van der Waals surface area contributed by atoms with Crippen molar-refractivity contribution in [1.82, 2.24) is 15.0 Å². The highest BCUT2D eigenvalue weighted by atomic mass is 35.5. The Hall–Kier alpha value is -3.45. The molecule has 7 nitrogen and oxygen atoms in total. The highest BCUT2D eigenvalue weighted by molar-refractivity contribution is 6.32. The van der Waals surface area contributed by atoms with E-state index in [2.05, 4.69) is 32.2 Å². The molecule has 2 aromatic heterocycles. The average molecular weight is 410 g/mol. The van der Waals surface area contributed by atoms with Gasteiger partial charge in [0, 0.05) is 30.1 Å². The lowest BCUT2D eigenvalue weighted by atomic mass is 10.0. The molecule has 148 valence electrons. The molecule has 2 N–H and O–H groups in total. The second-order valence-electron chi connectivity index (χ2n) is 6.23. The number of ether oxygens (including phenoxy) is 1. The zero-order valence-corrected chi connectivity index (χ0v) is 16.8. The fourth-order valence-corrected chi connectivity index (χ4v) is 2.76. The van der Waals surface area contributed by atoms with Crippen LogP contribution < -0.4 is 15.4 Å². The van der Waals surface area contributed by atoms with Crippen molar-refractivity contribution in [1.29, 1.82) is 0 Å². The van der Waals surface area contributed by atoms with E-state index in [-0.39, 0.29) is 12.2 Å². The summed E-state index contributed by atoms with van der Waals surface area (Å²) in [6.07, 6.45) is 4.67. The minimum Gasteiger partial charge on any atom is -0.481 e. The number of anilines is 4. The number of methoxy groups -OCH3 is 1. The summed E-state index contributed by atoms with van der Waals surface area (Å²) in [5, 5.41) is 6.64. The number of rotatable bonds is 8. The Labute approximate surface area is 173 Å². The molecule has 0 aliphatic heterocycles. The molecule has 0 atom stereocenters. The van der Waals surface area contributed by atoms with E-state index in [1.54, 1.807) is 25.4 Å². The number of nitrogens with zero attached hydrogens (tertiary/aromatic N) is 3. The highest BCUT2D eigenvalue weighted by Crippen LogP contribution is 2.28. The van der Waals surface area contributed by atoms with E-state index < -0.39 is 0 Å². The van der Waals surface area contributed by atoms with E-state index in [9.17, 15) is 4.79 Å². The lowest BCUT2D eigenvalue weighted by Crippen LogP contribution is -2.05. The molecule has 3 rings (SSSR count). The van der Waals surface area contributed by atoms with Gasteiger partial charge in [0.2, 0.25) is 11.8 Å². The lowest BCUT2D eigenvalue weighted by molar-refractivity contribution is -0.114. The van der Waals surface area contributed by atoms with Gasteiger partial charge in [0.05, 0.1) is 13.3 Å². The molecular formula is C21H20ClN5O2. The highest BCUT2D eigenvalue weighted by Gasteiger charge is 2.11. The largest absolute Gasteiger partial charge is 0.481 e. The maximum Gasteiger partial charge on any atom is 0.229 e. The smallest absolute Gasteiger partial charge is 0.229 e. The Morgan fingerprint density at radius 3 is 2.83 bits per heavy atom. The summed E-state index contributed by atoms with van der Waals surface area (Å²) in [7, 11) is 1.54. The van der Waals surface area contributed by atoms with Crippen molar-refractivity contribution in [2.45, 2.75) is 13.3 Å². The van der Waals surface area contributed by atoms with Gasteiger partial charge in [0.15, 0.2) is 11.6 Å². The van der Waals surface area contributed by atoms with Crippen molar-refractivity contribution in [3.63, 3.8) is 0 Å². The third-order valence-electron chi connectivity index (χ3n) is 4.05. The standard InChI is InChI=1S/C21H20ClN5O2/c1-4-16(28)10-14-9-13(2)5-6-18(14)26-20-17(22)12-24-21(27-20)25-15-7-8-23-19(11-15)29-3/h4-9,11-12H,1,10H2,2-3H3,(H2,23,24,25,26,27). The van der Waals surface area contributed by atoms with E-state index in [0.29, 0.717) is 22.7 Å². The van der Waals surface area contributed by atoms with Gasteiger partial charge in [-0.1, -0.05) is 35.9 Å². The maximum atomic E-state index is 11.9. The van der Waals surface area contributed by atoms with Crippen molar-refractivity contribution in [2.24, 2.45) is 0 Å². The lowest BCUT2D eigenvalue weighted by Gasteiger charge is -2.14.